The van der Waals surface area contributed by atoms with Crippen LogP contribution < -0.4 is 11.1 Å². The average molecular weight is 276 g/mol. The molecule has 4 nitrogen and oxygen atoms in total. The molecule has 1 aromatic heterocycles. The molecule has 0 aliphatic rings. The van der Waals surface area contributed by atoms with Gasteiger partial charge in [-0.2, -0.15) is 0 Å². The molecule has 4 N–H and O–H groups in total. The van der Waals surface area contributed by atoms with E-state index < -0.39 is 0 Å². The van der Waals surface area contributed by atoms with Crippen LogP contribution in [0, 0.1) is 11.7 Å². The molecule has 2 rings (SSSR count). The lowest BCUT2D eigenvalue weighted by Crippen LogP contribution is -2.33. The first kappa shape index (κ1) is 14.4. The standard InChI is InChI=1S/C15H21FN4/c1-10(2)8-20-15(17)18-6-5-11-9-19-14-4-3-12(16)7-13(11)14/h3-4,7,9-10,19H,5-6,8H2,1-2H3,(H3,17,18,20). The topological polar surface area (TPSA) is 66.2 Å². The maximum Gasteiger partial charge on any atom is 0.188 e. The molecule has 0 amide bonds. The third-order valence-electron chi connectivity index (χ3n) is 3.06. The summed E-state index contributed by atoms with van der Waals surface area (Å²) in [6.45, 7) is 5.59. The highest BCUT2D eigenvalue weighted by molar-refractivity contribution is 5.83. The number of halogens is 1. The maximum absolute atomic E-state index is 13.3. The van der Waals surface area contributed by atoms with Crippen molar-refractivity contribution in [2.45, 2.75) is 20.3 Å². The number of rotatable bonds is 5. The van der Waals surface area contributed by atoms with Gasteiger partial charge in [0.05, 0.1) is 0 Å². The van der Waals surface area contributed by atoms with Crippen LogP contribution in [-0.2, 0) is 6.42 Å². The number of H-pyrrole nitrogens is 1. The largest absolute Gasteiger partial charge is 0.370 e. The van der Waals surface area contributed by atoms with Crippen LogP contribution in [0.5, 0.6) is 0 Å². The van der Waals surface area contributed by atoms with Crippen molar-refractivity contribution in [3.05, 3.63) is 35.8 Å². The van der Waals surface area contributed by atoms with Crippen molar-refractivity contribution in [2.24, 2.45) is 16.6 Å². The second-order valence-corrected chi connectivity index (χ2v) is 5.30. The van der Waals surface area contributed by atoms with Crippen molar-refractivity contribution in [3.8, 4) is 0 Å². The van der Waals surface area contributed by atoms with Crippen LogP contribution in [0.2, 0.25) is 0 Å². The Kier molecular flexibility index (Phi) is 4.61. The van der Waals surface area contributed by atoms with Crippen LogP contribution >= 0.6 is 0 Å². The van der Waals surface area contributed by atoms with Crippen molar-refractivity contribution < 1.29 is 4.39 Å². The maximum atomic E-state index is 13.3. The van der Waals surface area contributed by atoms with Gasteiger partial charge in [0, 0.05) is 30.2 Å². The Labute approximate surface area is 118 Å². The molecule has 0 unspecified atom stereocenters. The van der Waals surface area contributed by atoms with E-state index in [0.29, 0.717) is 18.4 Å². The fourth-order valence-corrected chi connectivity index (χ4v) is 2.02. The van der Waals surface area contributed by atoms with Crippen molar-refractivity contribution in [1.82, 2.24) is 10.3 Å². The fourth-order valence-electron chi connectivity index (χ4n) is 2.02. The zero-order valence-electron chi connectivity index (χ0n) is 11.9. The lowest BCUT2D eigenvalue weighted by Gasteiger charge is -2.06. The predicted molar refractivity (Wildman–Crippen MR) is 81.3 cm³/mol. The minimum absolute atomic E-state index is 0.218. The number of hydrogen-bond acceptors (Lipinski definition) is 1. The van der Waals surface area contributed by atoms with Gasteiger partial charge in [-0.25, -0.2) is 4.39 Å². The first-order chi connectivity index (χ1) is 9.56. The number of aliphatic imine (C=N–C) groups is 1. The second-order valence-electron chi connectivity index (χ2n) is 5.30. The number of nitrogens with one attached hydrogen (secondary N) is 2. The Morgan fingerprint density at radius 2 is 2.25 bits per heavy atom. The monoisotopic (exact) mass is 276 g/mol. The zero-order chi connectivity index (χ0) is 14.5. The fraction of sp³-hybridized carbons (Fsp3) is 0.400. The molecule has 2 aromatic rings. The Morgan fingerprint density at radius 3 is 3.00 bits per heavy atom. The first-order valence-electron chi connectivity index (χ1n) is 6.85. The number of aromatic amines is 1. The number of nitrogens with two attached hydrogens (primary N) is 1. The summed E-state index contributed by atoms with van der Waals surface area (Å²) in [5.41, 5.74) is 7.79. The lowest BCUT2D eigenvalue weighted by atomic mass is 10.1. The number of nitrogens with zero attached hydrogens (tertiary/aromatic N) is 1. The Hall–Kier alpha value is -2.04. The SMILES string of the molecule is CC(C)CN=C(N)NCCc1c[nH]c2ccc(F)cc12. The van der Waals surface area contributed by atoms with Gasteiger partial charge in [0.2, 0.25) is 0 Å². The Balaban J connectivity index is 1.93. The van der Waals surface area contributed by atoms with E-state index in [2.05, 4.69) is 29.1 Å². The van der Waals surface area contributed by atoms with E-state index in [4.69, 9.17) is 5.73 Å². The van der Waals surface area contributed by atoms with E-state index in [-0.39, 0.29) is 5.82 Å². The van der Waals surface area contributed by atoms with Crippen LogP contribution in [0.3, 0.4) is 0 Å². The van der Waals surface area contributed by atoms with Gasteiger partial charge < -0.3 is 16.0 Å². The summed E-state index contributed by atoms with van der Waals surface area (Å²) < 4.78 is 13.3. The molecule has 0 fully saturated rings. The molecule has 1 heterocycles. The summed E-state index contributed by atoms with van der Waals surface area (Å²) in [5.74, 6) is 0.737. The molecule has 20 heavy (non-hydrogen) atoms. The molecule has 0 radical (unpaired) electrons. The van der Waals surface area contributed by atoms with Crippen LogP contribution in [0.15, 0.2) is 29.4 Å². The second kappa shape index (κ2) is 6.41. The molecule has 0 saturated heterocycles. The highest BCUT2D eigenvalue weighted by Gasteiger charge is 2.04. The minimum atomic E-state index is -0.218. The van der Waals surface area contributed by atoms with E-state index in [1.165, 1.54) is 6.07 Å². The Morgan fingerprint density at radius 1 is 1.45 bits per heavy atom. The van der Waals surface area contributed by atoms with E-state index in [9.17, 15) is 4.39 Å². The van der Waals surface area contributed by atoms with Gasteiger partial charge in [0.25, 0.3) is 0 Å². The minimum Gasteiger partial charge on any atom is -0.370 e. The highest BCUT2D eigenvalue weighted by Crippen LogP contribution is 2.19. The zero-order valence-corrected chi connectivity index (χ0v) is 11.9. The third-order valence-corrected chi connectivity index (χ3v) is 3.06. The number of guanidine groups is 1. The number of fused-ring (bicyclic) bond motifs is 1. The van der Waals surface area contributed by atoms with Gasteiger partial charge in [-0.15, -0.1) is 0 Å². The molecular formula is C15H21FN4. The van der Waals surface area contributed by atoms with Gasteiger partial charge in [0.15, 0.2) is 5.96 Å². The van der Waals surface area contributed by atoms with Crippen molar-refractivity contribution in [3.63, 3.8) is 0 Å². The smallest absolute Gasteiger partial charge is 0.188 e. The van der Waals surface area contributed by atoms with E-state index in [0.717, 1.165) is 29.4 Å². The molecule has 0 spiro atoms. The van der Waals surface area contributed by atoms with Gasteiger partial charge in [-0.05, 0) is 36.1 Å². The molecular weight excluding hydrogens is 255 g/mol. The molecule has 5 heteroatoms. The van der Waals surface area contributed by atoms with E-state index >= 15 is 0 Å². The van der Waals surface area contributed by atoms with Crippen LogP contribution in [-0.4, -0.2) is 24.0 Å². The Bertz CT molecular complexity index is 601. The summed E-state index contributed by atoms with van der Waals surface area (Å²) >= 11 is 0. The number of aromatic nitrogens is 1. The van der Waals surface area contributed by atoms with Crippen LogP contribution in [0.1, 0.15) is 19.4 Å². The number of benzene rings is 1. The van der Waals surface area contributed by atoms with Crippen LogP contribution in [0.25, 0.3) is 10.9 Å². The van der Waals surface area contributed by atoms with Crippen molar-refractivity contribution in [2.75, 3.05) is 13.1 Å². The van der Waals surface area contributed by atoms with Gasteiger partial charge in [-0.3, -0.25) is 4.99 Å². The summed E-state index contributed by atoms with van der Waals surface area (Å²) in [6.07, 6.45) is 2.68. The van der Waals surface area contributed by atoms with Gasteiger partial charge in [0.1, 0.15) is 5.82 Å². The van der Waals surface area contributed by atoms with Gasteiger partial charge in [-0.1, -0.05) is 13.8 Å². The quantitative estimate of drug-likeness (QED) is 0.580. The lowest BCUT2D eigenvalue weighted by molar-refractivity contribution is 0.629. The average Bonchev–Trinajstić information content (AvgIpc) is 2.79. The molecule has 0 aliphatic heterocycles. The van der Waals surface area contributed by atoms with Gasteiger partial charge >= 0.3 is 0 Å². The predicted octanol–water partition coefficient (Wildman–Crippen LogP) is 2.41. The first-order valence-corrected chi connectivity index (χ1v) is 6.85. The summed E-state index contributed by atoms with van der Waals surface area (Å²) in [4.78, 5) is 7.37. The number of hydrogen-bond donors (Lipinski definition) is 3. The normalized spacial score (nSPS) is 12.3. The third kappa shape index (κ3) is 3.73. The summed E-state index contributed by atoms with van der Waals surface area (Å²) in [7, 11) is 0. The van der Waals surface area contributed by atoms with Crippen molar-refractivity contribution >= 4 is 16.9 Å². The highest BCUT2D eigenvalue weighted by atomic mass is 19.1. The molecule has 1 aromatic carbocycles. The van der Waals surface area contributed by atoms with Crippen molar-refractivity contribution in [1.29, 1.82) is 0 Å². The molecule has 108 valence electrons. The molecule has 0 atom stereocenters. The summed E-state index contributed by atoms with van der Waals surface area (Å²) in [6, 6.07) is 4.76. The molecule has 0 bridgehead atoms. The molecule has 0 aliphatic carbocycles. The van der Waals surface area contributed by atoms with E-state index in [1.807, 2.05) is 6.20 Å². The summed E-state index contributed by atoms with van der Waals surface area (Å²) in [5, 5.41) is 4.00. The van der Waals surface area contributed by atoms with E-state index in [1.54, 1.807) is 12.1 Å². The van der Waals surface area contributed by atoms with Crippen LogP contribution in [0.4, 0.5) is 4.39 Å². The molecule has 0 saturated carbocycles.